The fraction of sp³-hybridized carbons (Fsp3) is 0.423. The predicted octanol–water partition coefficient (Wildman–Crippen LogP) is -2.01. The third-order valence-corrected chi connectivity index (χ3v) is 8.44. The number of carboxylic acids is 1. The average Bonchev–Trinajstić information content (AvgIpc) is 3.31. The molecule has 4 rings (SSSR count). The van der Waals surface area contributed by atoms with Gasteiger partial charge in [-0.3, -0.25) is 14.4 Å². The molecule has 4 atom stereocenters. The molecule has 1 unspecified atom stereocenters. The molecule has 2 aromatic rings. The maximum Gasteiger partial charge on any atom is 1.00 e. The Kier molecular flexibility index (Phi) is 9.34. The number of amides is 3. The van der Waals surface area contributed by atoms with Gasteiger partial charge in [-0.2, -0.15) is 0 Å². The Bertz CT molecular complexity index is 1360. The second kappa shape index (κ2) is 11.9. The summed E-state index contributed by atoms with van der Waals surface area (Å²) in [6.07, 6.45) is 0. The van der Waals surface area contributed by atoms with Crippen LogP contribution < -0.4 is 45.3 Å². The minimum Gasteiger partial charge on any atom is -0.872 e. The van der Waals surface area contributed by atoms with Crippen LogP contribution in [-0.2, 0) is 19.1 Å². The zero-order valence-electron chi connectivity index (χ0n) is 23.0. The van der Waals surface area contributed by atoms with E-state index in [9.17, 15) is 34.2 Å². The van der Waals surface area contributed by atoms with E-state index in [1.807, 2.05) is 0 Å². The normalized spacial score (nSPS) is 21.4. The Morgan fingerprint density at radius 1 is 1.20 bits per heavy atom. The van der Waals surface area contributed by atoms with Crippen molar-refractivity contribution in [2.75, 3.05) is 6.61 Å². The molecule has 0 saturated carbocycles. The van der Waals surface area contributed by atoms with Crippen molar-refractivity contribution >= 4 is 41.4 Å². The second-order valence-electron chi connectivity index (χ2n) is 9.91. The number of carbonyl (C=O) groups is 5. The Hall–Kier alpha value is -3.00. The number of fused-ring (bicyclic) bond motifs is 1. The summed E-state index contributed by atoms with van der Waals surface area (Å²) in [5.74, 6) is -3.96. The summed E-state index contributed by atoms with van der Waals surface area (Å²) in [5.41, 5.74) is 1.32. The number of H-pyrrole nitrogens is 1. The Balaban J connectivity index is 0.00000441. The summed E-state index contributed by atoms with van der Waals surface area (Å²) in [4.78, 5) is 67.9. The number of ether oxygens (including phenoxy) is 1. The van der Waals surface area contributed by atoms with Crippen LogP contribution in [0.3, 0.4) is 0 Å². The van der Waals surface area contributed by atoms with Crippen molar-refractivity contribution in [3.8, 4) is 5.75 Å². The number of β-lactam (4-membered cyclic amide) rings is 1. The fourth-order valence-electron chi connectivity index (χ4n) is 5.03. The monoisotopic (exact) mass is 580 g/mol. The molecule has 14 heteroatoms. The largest absolute Gasteiger partial charge is 1.00 e. The SMILES string of the molecule is CCOC(=O)c1c(C)[nH]c(C(=O)NC(C(=O)N[C@@H]2C(=O)N3[C@@H]2SC(C)(C)[C@@H]3C(=O)O)c2ccc([O-])cc2)c1C.[Na+]. The Morgan fingerprint density at radius 2 is 1.82 bits per heavy atom. The summed E-state index contributed by atoms with van der Waals surface area (Å²) >= 11 is 1.27. The number of aromatic amines is 1. The number of aromatic nitrogens is 1. The van der Waals surface area contributed by atoms with E-state index < -0.39 is 57.9 Å². The first kappa shape index (κ1) is 31.5. The molecule has 0 aliphatic carbocycles. The van der Waals surface area contributed by atoms with Gasteiger partial charge in [0, 0.05) is 10.4 Å². The summed E-state index contributed by atoms with van der Waals surface area (Å²) in [6.45, 7) is 8.46. The molecule has 4 N–H and O–H groups in total. The van der Waals surface area contributed by atoms with Crippen molar-refractivity contribution in [2.45, 2.75) is 62.9 Å². The van der Waals surface area contributed by atoms with Crippen molar-refractivity contribution < 1.29 is 68.5 Å². The molecule has 3 amide bonds. The molecule has 0 spiro atoms. The molecule has 2 saturated heterocycles. The molecule has 1 aromatic carbocycles. The maximum absolute atomic E-state index is 13.5. The maximum atomic E-state index is 13.5. The molecule has 0 radical (unpaired) electrons. The van der Waals surface area contributed by atoms with E-state index >= 15 is 0 Å². The van der Waals surface area contributed by atoms with Crippen LogP contribution in [0.2, 0.25) is 0 Å². The zero-order valence-corrected chi connectivity index (χ0v) is 25.8. The van der Waals surface area contributed by atoms with Gasteiger partial charge in [0.2, 0.25) is 11.8 Å². The van der Waals surface area contributed by atoms with E-state index in [1.165, 1.54) is 40.9 Å². The third-order valence-electron chi connectivity index (χ3n) is 6.87. The summed E-state index contributed by atoms with van der Waals surface area (Å²) in [7, 11) is 0. The first-order valence-corrected chi connectivity index (χ1v) is 13.1. The number of carboxylic acid groups (broad SMARTS) is 1. The van der Waals surface area contributed by atoms with Crippen LogP contribution in [-0.4, -0.2) is 73.5 Å². The van der Waals surface area contributed by atoms with E-state index in [2.05, 4.69) is 15.6 Å². The standard InChI is InChI=1S/C26H30N4O8S.Na/c1-6-38-25(37)15-11(2)16(27-12(15)3)20(32)28-17(13-7-9-14(31)10-8-13)21(33)29-18-22(34)30-19(24(35)36)26(4,5)39-23(18)30;/h7-10,17-19,23,27,31H,6H2,1-5H3,(H,28,32)(H,29,33)(H,35,36);/q;+1/p-1/t17?,18-,19+,23-;/m1./s1. The van der Waals surface area contributed by atoms with Crippen molar-refractivity contribution in [1.29, 1.82) is 0 Å². The number of thioether (sulfide) groups is 1. The Morgan fingerprint density at radius 3 is 2.40 bits per heavy atom. The van der Waals surface area contributed by atoms with Gasteiger partial charge in [0.15, 0.2) is 0 Å². The van der Waals surface area contributed by atoms with Crippen molar-refractivity contribution in [3.63, 3.8) is 0 Å². The fourth-order valence-corrected chi connectivity index (χ4v) is 6.66. The number of nitrogens with one attached hydrogen (secondary N) is 3. The smallest absolute Gasteiger partial charge is 0.872 e. The quantitative estimate of drug-likeness (QED) is 0.156. The van der Waals surface area contributed by atoms with Gasteiger partial charge in [-0.15, -0.1) is 17.5 Å². The topological polar surface area (TPSA) is 181 Å². The van der Waals surface area contributed by atoms with Gasteiger partial charge >= 0.3 is 41.5 Å². The zero-order chi connectivity index (χ0) is 28.8. The van der Waals surface area contributed by atoms with E-state index in [4.69, 9.17) is 4.74 Å². The molecule has 208 valence electrons. The Labute approximate surface area is 256 Å². The third kappa shape index (κ3) is 5.60. The summed E-state index contributed by atoms with van der Waals surface area (Å²) in [5, 5.41) is 26.0. The van der Waals surface area contributed by atoms with Crippen LogP contribution in [0, 0.1) is 13.8 Å². The molecule has 2 fully saturated rings. The number of aryl methyl sites for hydroxylation is 1. The molecule has 40 heavy (non-hydrogen) atoms. The molecule has 3 heterocycles. The van der Waals surface area contributed by atoms with Gasteiger partial charge in [0.25, 0.3) is 5.91 Å². The van der Waals surface area contributed by atoms with Gasteiger partial charge in [-0.25, -0.2) is 9.59 Å². The van der Waals surface area contributed by atoms with Gasteiger partial charge < -0.3 is 35.5 Å². The number of rotatable bonds is 8. The first-order chi connectivity index (χ1) is 18.3. The minimum absolute atomic E-state index is 0. The number of hydrogen-bond donors (Lipinski definition) is 4. The minimum atomic E-state index is -1.30. The van der Waals surface area contributed by atoms with E-state index in [0.717, 1.165) is 0 Å². The molecule has 2 aliphatic rings. The van der Waals surface area contributed by atoms with Crippen LogP contribution in [0.1, 0.15) is 64.5 Å². The molecule has 2 aliphatic heterocycles. The molecule has 12 nitrogen and oxygen atoms in total. The van der Waals surface area contributed by atoms with E-state index in [-0.39, 0.29) is 53.2 Å². The summed E-state index contributed by atoms with van der Waals surface area (Å²) in [6, 6.07) is 1.94. The molecular formula is C26H29N4NaO8S. The van der Waals surface area contributed by atoms with Crippen molar-refractivity contribution in [1.82, 2.24) is 20.5 Å². The number of hydrogen-bond acceptors (Lipinski definition) is 8. The predicted molar refractivity (Wildman–Crippen MR) is 138 cm³/mol. The summed E-state index contributed by atoms with van der Waals surface area (Å²) < 4.78 is 4.29. The molecular weight excluding hydrogens is 551 g/mol. The number of benzene rings is 1. The molecule has 1 aromatic heterocycles. The van der Waals surface area contributed by atoms with Crippen LogP contribution in [0.4, 0.5) is 0 Å². The molecule has 0 bridgehead atoms. The average molecular weight is 581 g/mol. The van der Waals surface area contributed by atoms with Crippen LogP contribution in [0.15, 0.2) is 24.3 Å². The van der Waals surface area contributed by atoms with E-state index in [0.29, 0.717) is 16.8 Å². The number of nitrogens with zero attached hydrogens (tertiary/aromatic N) is 1. The van der Waals surface area contributed by atoms with Crippen molar-refractivity contribution in [2.24, 2.45) is 0 Å². The van der Waals surface area contributed by atoms with Gasteiger partial charge in [-0.1, -0.05) is 24.3 Å². The van der Waals surface area contributed by atoms with Gasteiger partial charge in [0.1, 0.15) is 29.2 Å². The number of aliphatic carboxylic acids is 1. The van der Waals surface area contributed by atoms with Crippen LogP contribution in [0.25, 0.3) is 0 Å². The van der Waals surface area contributed by atoms with Crippen LogP contribution >= 0.6 is 11.8 Å². The first-order valence-electron chi connectivity index (χ1n) is 12.3. The number of carbonyl (C=O) groups excluding carboxylic acids is 4. The van der Waals surface area contributed by atoms with E-state index in [1.54, 1.807) is 34.6 Å². The van der Waals surface area contributed by atoms with Crippen LogP contribution in [0.5, 0.6) is 5.75 Å². The van der Waals surface area contributed by atoms with Crippen molar-refractivity contribution in [3.05, 3.63) is 52.3 Å². The second-order valence-corrected chi connectivity index (χ2v) is 11.7. The van der Waals surface area contributed by atoms with Gasteiger partial charge in [0.05, 0.1) is 12.2 Å². The number of esters is 1. The van der Waals surface area contributed by atoms with Gasteiger partial charge in [-0.05, 0) is 45.7 Å².